The van der Waals surface area contributed by atoms with Gasteiger partial charge in [0.05, 0.1) is 5.69 Å². The number of nitrogens with zero attached hydrogens (tertiary/aromatic N) is 2. The van der Waals surface area contributed by atoms with Crippen LogP contribution >= 0.6 is 22.9 Å². The van der Waals surface area contributed by atoms with E-state index < -0.39 is 0 Å². The number of likely N-dealkylation sites (tertiary alicyclic amines) is 1. The van der Waals surface area contributed by atoms with E-state index in [1.807, 2.05) is 24.0 Å². The van der Waals surface area contributed by atoms with Crippen LogP contribution in [0.1, 0.15) is 33.7 Å². The number of nitrogens with two attached hydrogens (primary N) is 1. The molecule has 1 saturated heterocycles. The molecule has 2 N–H and O–H groups in total. The molecule has 1 amide bonds. The van der Waals surface area contributed by atoms with E-state index in [1.54, 1.807) is 12.1 Å². The molecular formula is C18H22ClN3O2S. The van der Waals surface area contributed by atoms with Gasteiger partial charge in [-0.15, -0.1) is 11.3 Å². The molecule has 7 heteroatoms. The molecule has 2 heterocycles. The zero-order valence-corrected chi connectivity index (χ0v) is 16.0. The monoisotopic (exact) mass is 379 g/mol. The van der Waals surface area contributed by atoms with Gasteiger partial charge in [0.1, 0.15) is 22.2 Å². The standard InChI is InChI=1S/C18H22ClN3O2S/c1-12-16(17(23)22-8-7-18(2,10-20)11-22)25-15(21-12)9-24-14-5-3-13(19)4-6-14/h3-6H,7-11,20H2,1-2H3. The van der Waals surface area contributed by atoms with Crippen LogP contribution in [0.2, 0.25) is 5.02 Å². The van der Waals surface area contributed by atoms with Crippen LogP contribution in [0.3, 0.4) is 0 Å². The summed E-state index contributed by atoms with van der Waals surface area (Å²) in [6.07, 6.45) is 0.944. The zero-order valence-electron chi connectivity index (χ0n) is 14.4. The highest BCUT2D eigenvalue weighted by Crippen LogP contribution is 2.31. The van der Waals surface area contributed by atoms with Crippen LogP contribution in [0.15, 0.2) is 24.3 Å². The van der Waals surface area contributed by atoms with Gasteiger partial charge >= 0.3 is 0 Å². The van der Waals surface area contributed by atoms with Crippen molar-refractivity contribution < 1.29 is 9.53 Å². The maximum atomic E-state index is 12.8. The normalized spacial score (nSPS) is 20.1. The summed E-state index contributed by atoms with van der Waals surface area (Å²) in [6, 6.07) is 7.18. The summed E-state index contributed by atoms with van der Waals surface area (Å²) in [5, 5.41) is 1.46. The van der Waals surface area contributed by atoms with E-state index >= 15 is 0 Å². The molecule has 134 valence electrons. The van der Waals surface area contributed by atoms with Gasteiger partial charge in [-0.25, -0.2) is 4.98 Å². The van der Waals surface area contributed by atoms with Crippen LogP contribution in [0, 0.1) is 12.3 Å². The summed E-state index contributed by atoms with van der Waals surface area (Å²) >= 11 is 7.26. The number of carbonyl (C=O) groups is 1. The number of hydrogen-bond acceptors (Lipinski definition) is 5. The summed E-state index contributed by atoms with van der Waals surface area (Å²) in [5.41, 5.74) is 6.61. The number of amides is 1. The molecule has 1 aromatic heterocycles. The van der Waals surface area contributed by atoms with Crippen LogP contribution in [-0.2, 0) is 6.61 Å². The van der Waals surface area contributed by atoms with Crippen molar-refractivity contribution in [2.45, 2.75) is 26.9 Å². The van der Waals surface area contributed by atoms with Gasteiger partial charge < -0.3 is 15.4 Å². The van der Waals surface area contributed by atoms with E-state index in [0.717, 1.165) is 29.4 Å². The fraction of sp³-hybridized carbons (Fsp3) is 0.444. The van der Waals surface area contributed by atoms with Crippen molar-refractivity contribution in [2.75, 3.05) is 19.6 Å². The molecule has 1 atom stereocenters. The lowest BCUT2D eigenvalue weighted by Crippen LogP contribution is -2.34. The molecule has 25 heavy (non-hydrogen) atoms. The molecule has 1 aliphatic heterocycles. The Morgan fingerprint density at radius 1 is 1.44 bits per heavy atom. The Bertz CT molecular complexity index is 762. The van der Waals surface area contributed by atoms with Crippen molar-refractivity contribution in [1.29, 1.82) is 0 Å². The van der Waals surface area contributed by atoms with Crippen molar-refractivity contribution in [3.05, 3.63) is 44.9 Å². The van der Waals surface area contributed by atoms with Crippen LogP contribution in [0.25, 0.3) is 0 Å². The minimum Gasteiger partial charge on any atom is -0.486 e. The quantitative estimate of drug-likeness (QED) is 0.863. The van der Waals surface area contributed by atoms with E-state index in [4.69, 9.17) is 22.1 Å². The molecule has 1 fully saturated rings. The Balaban J connectivity index is 1.66. The van der Waals surface area contributed by atoms with E-state index in [9.17, 15) is 4.79 Å². The maximum absolute atomic E-state index is 12.8. The van der Waals surface area contributed by atoms with Gasteiger partial charge in [-0.1, -0.05) is 18.5 Å². The first-order valence-corrected chi connectivity index (χ1v) is 9.44. The van der Waals surface area contributed by atoms with E-state index in [0.29, 0.717) is 29.6 Å². The topological polar surface area (TPSA) is 68.5 Å². The number of aromatic nitrogens is 1. The van der Waals surface area contributed by atoms with E-state index in [2.05, 4.69) is 11.9 Å². The summed E-state index contributed by atoms with van der Waals surface area (Å²) < 4.78 is 5.72. The molecule has 5 nitrogen and oxygen atoms in total. The van der Waals surface area contributed by atoms with Crippen molar-refractivity contribution in [1.82, 2.24) is 9.88 Å². The van der Waals surface area contributed by atoms with Crippen LogP contribution in [-0.4, -0.2) is 35.4 Å². The Kier molecular flexibility index (Phi) is 5.32. The van der Waals surface area contributed by atoms with Gasteiger partial charge in [0, 0.05) is 18.1 Å². The molecule has 0 radical (unpaired) electrons. The Morgan fingerprint density at radius 2 is 2.16 bits per heavy atom. The first-order chi connectivity index (χ1) is 11.9. The van der Waals surface area contributed by atoms with Gasteiger partial charge in [-0.2, -0.15) is 0 Å². The van der Waals surface area contributed by atoms with Gasteiger partial charge in [-0.05, 0) is 49.6 Å². The second-order valence-electron chi connectivity index (χ2n) is 6.76. The van der Waals surface area contributed by atoms with E-state index in [1.165, 1.54) is 11.3 Å². The van der Waals surface area contributed by atoms with Crippen molar-refractivity contribution >= 4 is 28.8 Å². The minimum atomic E-state index is 0.0226. The molecule has 0 bridgehead atoms. The number of carbonyl (C=O) groups excluding carboxylic acids is 1. The molecular weight excluding hydrogens is 358 g/mol. The SMILES string of the molecule is Cc1nc(COc2ccc(Cl)cc2)sc1C(=O)N1CCC(C)(CN)C1. The Morgan fingerprint density at radius 3 is 2.80 bits per heavy atom. The largest absolute Gasteiger partial charge is 0.486 e. The number of benzene rings is 1. The summed E-state index contributed by atoms with van der Waals surface area (Å²) in [4.78, 5) is 19.9. The predicted molar refractivity (Wildman–Crippen MR) is 100 cm³/mol. The molecule has 0 saturated carbocycles. The van der Waals surface area contributed by atoms with Crippen molar-refractivity contribution in [3.8, 4) is 5.75 Å². The number of thiazole rings is 1. The fourth-order valence-electron chi connectivity index (χ4n) is 2.90. The average molecular weight is 380 g/mol. The van der Waals surface area contributed by atoms with Gasteiger partial charge in [-0.3, -0.25) is 4.79 Å². The molecule has 0 aliphatic carbocycles. The van der Waals surface area contributed by atoms with E-state index in [-0.39, 0.29) is 11.3 Å². The van der Waals surface area contributed by atoms with Crippen molar-refractivity contribution in [3.63, 3.8) is 0 Å². The lowest BCUT2D eigenvalue weighted by molar-refractivity contribution is 0.0780. The smallest absolute Gasteiger partial charge is 0.265 e. The summed E-state index contributed by atoms with van der Waals surface area (Å²) in [7, 11) is 0. The third-order valence-electron chi connectivity index (χ3n) is 4.55. The number of rotatable bonds is 5. The summed E-state index contributed by atoms with van der Waals surface area (Å²) in [5.74, 6) is 0.772. The molecule has 1 aromatic carbocycles. The highest BCUT2D eigenvalue weighted by Gasteiger charge is 2.36. The van der Waals surface area contributed by atoms with Gasteiger partial charge in [0.25, 0.3) is 5.91 Å². The van der Waals surface area contributed by atoms with Crippen LogP contribution < -0.4 is 10.5 Å². The van der Waals surface area contributed by atoms with Crippen LogP contribution in [0.5, 0.6) is 5.75 Å². The second-order valence-corrected chi connectivity index (χ2v) is 8.28. The number of aryl methyl sites for hydroxylation is 1. The summed E-state index contributed by atoms with van der Waals surface area (Å²) in [6.45, 7) is 6.38. The number of hydrogen-bond donors (Lipinski definition) is 1. The zero-order chi connectivity index (χ0) is 18.0. The lowest BCUT2D eigenvalue weighted by Gasteiger charge is -2.22. The molecule has 2 aromatic rings. The average Bonchev–Trinajstić information content (AvgIpc) is 3.18. The Hall–Kier alpha value is -1.63. The molecule has 0 spiro atoms. The number of ether oxygens (including phenoxy) is 1. The first-order valence-electron chi connectivity index (χ1n) is 8.24. The second kappa shape index (κ2) is 7.32. The predicted octanol–water partition coefficient (Wildman–Crippen LogP) is 3.49. The van der Waals surface area contributed by atoms with Gasteiger partial charge in [0.15, 0.2) is 0 Å². The third kappa shape index (κ3) is 4.14. The fourth-order valence-corrected chi connectivity index (χ4v) is 3.97. The van der Waals surface area contributed by atoms with Crippen molar-refractivity contribution in [2.24, 2.45) is 11.1 Å². The highest BCUT2D eigenvalue weighted by atomic mass is 35.5. The van der Waals surface area contributed by atoms with Crippen LogP contribution in [0.4, 0.5) is 0 Å². The first kappa shape index (κ1) is 18.2. The molecule has 3 rings (SSSR count). The minimum absolute atomic E-state index is 0.0226. The molecule has 1 unspecified atom stereocenters. The number of halogens is 1. The maximum Gasteiger partial charge on any atom is 0.265 e. The third-order valence-corrected chi connectivity index (χ3v) is 5.92. The van der Waals surface area contributed by atoms with Gasteiger partial charge in [0.2, 0.25) is 0 Å². The lowest BCUT2D eigenvalue weighted by atomic mass is 9.90. The molecule has 1 aliphatic rings. The Labute approximate surface area is 156 Å². The highest BCUT2D eigenvalue weighted by molar-refractivity contribution is 7.13.